The first-order chi connectivity index (χ1) is 11.1. The largest absolute Gasteiger partial charge is 0.320 e. The maximum Gasteiger partial charge on any atom is 0.248 e. The van der Waals surface area contributed by atoms with Crippen molar-refractivity contribution in [2.75, 3.05) is 5.32 Å². The highest BCUT2D eigenvalue weighted by molar-refractivity contribution is 9.10. The van der Waals surface area contributed by atoms with Crippen LogP contribution in [0.3, 0.4) is 0 Å². The Balaban J connectivity index is 1.74. The Morgan fingerprint density at radius 1 is 1.17 bits per heavy atom. The number of rotatable bonds is 3. The zero-order valence-electron chi connectivity index (χ0n) is 11.8. The van der Waals surface area contributed by atoms with Crippen molar-refractivity contribution in [3.05, 3.63) is 70.7 Å². The molecule has 1 N–H and O–H groups in total. The number of para-hydroxylation sites is 2. The predicted octanol–water partition coefficient (Wildman–Crippen LogP) is 4.18. The van der Waals surface area contributed by atoms with Crippen molar-refractivity contribution in [3.8, 4) is 0 Å². The van der Waals surface area contributed by atoms with Gasteiger partial charge in [0.15, 0.2) is 0 Å². The number of aromatic nitrogens is 2. The minimum atomic E-state index is -0.508. The van der Waals surface area contributed by atoms with Gasteiger partial charge >= 0.3 is 0 Å². The second kappa shape index (κ2) is 6.66. The highest BCUT2D eigenvalue weighted by Crippen LogP contribution is 2.19. The molecule has 0 aliphatic carbocycles. The molecule has 0 fully saturated rings. The molecule has 0 atom stereocenters. The van der Waals surface area contributed by atoms with Crippen molar-refractivity contribution in [2.45, 2.75) is 0 Å². The topological polar surface area (TPSA) is 54.9 Å². The van der Waals surface area contributed by atoms with E-state index in [0.717, 1.165) is 11.0 Å². The molecule has 2 aromatic carbocycles. The molecule has 1 heterocycles. The third kappa shape index (κ3) is 3.78. The molecule has 6 heteroatoms. The van der Waals surface area contributed by atoms with Crippen LogP contribution in [0.1, 0.15) is 5.69 Å². The minimum absolute atomic E-state index is 0.118. The summed E-state index contributed by atoms with van der Waals surface area (Å²) < 4.78 is 14.3. The first-order valence-electron chi connectivity index (χ1n) is 6.78. The number of hydrogen-bond acceptors (Lipinski definition) is 3. The van der Waals surface area contributed by atoms with Gasteiger partial charge in [-0.05, 0) is 36.4 Å². The van der Waals surface area contributed by atoms with E-state index in [0.29, 0.717) is 10.2 Å². The fourth-order valence-electron chi connectivity index (χ4n) is 1.98. The lowest BCUT2D eigenvalue weighted by Gasteiger charge is -2.04. The van der Waals surface area contributed by atoms with Crippen molar-refractivity contribution in [3.63, 3.8) is 0 Å². The number of benzene rings is 2. The van der Waals surface area contributed by atoms with Crippen molar-refractivity contribution < 1.29 is 9.18 Å². The quantitative estimate of drug-likeness (QED) is 0.702. The Kier molecular flexibility index (Phi) is 4.43. The van der Waals surface area contributed by atoms with Gasteiger partial charge < -0.3 is 5.32 Å². The van der Waals surface area contributed by atoms with E-state index >= 15 is 0 Å². The number of halogens is 2. The summed E-state index contributed by atoms with van der Waals surface area (Å²) in [5, 5.41) is 2.48. The van der Waals surface area contributed by atoms with Gasteiger partial charge in [0.2, 0.25) is 5.91 Å². The fraction of sp³-hybridized carbons (Fsp3) is 0. The van der Waals surface area contributed by atoms with E-state index < -0.39 is 11.7 Å². The summed E-state index contributed by atoms with van der Waals surface area (Å²) in [4.78, 5) is 20.5. The van der Waals surface area contributed by atoms with Crippen molar-refractivity contribution in [1.82, 2.24) is 9.97 Å². The lowest BCUT2D eigenvalue weighted by Crippen LogP contribution is -2.09. The molecule has 0 bridgehead atoms. The van der Waals surface area contributed by atoms with E-state index in [-0.39, 0.29) is 5.69 Å². The fourth-order valence-corrected chi connectivity index (χ4v) is 2.31. The maximum atomic E-state index is 13.7. The van der Waals surface area contributed by atoms with Gasteiger partial charge in [0.25, 0.3) is 0 Å². The van der Waals surface area contributed by atoms with Crippen molar-refractivity contribution >= 4 is 44.6 Å². The zero-order valence-corrected chi connectivity index (χ0v) is 13.4. The molecular weight excluding hydrogens is 361 g/mol. The molecule has 4 nitrogen and oxygen atoms in total. The van der Waals surface area contributed by atoms with Crippen LogP contribution >= 0.6 is 15.9 Å². The number of amides is 1. The molecule has 0 spiro atoms. The smallest absolute Gasteiger partial charge is 0.248 e. The first-order valence-corrected chi connectivity index (χ1v) is 7.57. The van der Waals surface area contributed by atoms with E-state index in [9.17, 15) is 9.18 Å². The molecule has 0 saturated carbocycles. The summed E-state index contributed by atoms with van der Waals surface area (Å²) >= 11 is 3.16. The summed E-state index contributed by atoms with van der Waals surface area (Å²) in [7, 11) is 0. The Labute approximate surface area is 140 Å². The zero-order chi connectivity index (χ0) is 16.2. The molecular formula is C17H11BrFN3O. The average Bonchev–Trinajstić information content (AvgIpc) is 2.55. The molecule has 23 heavy (non-hydrogen) atoms. The molecule has 0 saturated heterocycles. The van der Waals surface area contributed by atoms with Gasteiger partial charge in [0.1, 0.15) is 5.82 Å². The summed E-state index contributed by atoms with van der Waals surface area (Å²) in [5.41, 5.74) is 2.20. The molecule has 0 aliphatic heterocycles. The van der Waals surface area contributed by atoms with Gasteiger partial charge in [-0.15, -0.1) is 0 Å². The van der Waals surface area contributed by atoms with E-state index in [2.05, 4.69) is 31.2 Å². The highest BCUT2D eigenvalue weighted by Gasteiger charge is 2.05. The summed E-state index contributed by atoms with van der Waals surface area (Å²) in [6, 6.07) is 11.9. The maximum absolute atomic E-state index is 13.7. The molecule has 3 aromatic rings. The van der Waals surface area contributed by atoms with Gasteiger partial charge in [-0.3, -0.25) is 9.78 Å². The van der Waals surface area contributed by atoms with Gasteiger partial charge in [-0.25, -0.2) is 9.37 Å². The monoisotopic (exact) mass is 371 g/mol. The van der Waals surface area contributed by atoms with Gasteiger partial charge in [0, 0.05) is 10.5 Å². The van der Waals surface area contributed by atoms with Crippen LogP contribution in [0.15, 0.2) is 59.2 Å². The molecule has 1 amide bonds. The van der Waals surface area contributed by atoms with Crippen LogP contribution in [0.5, 0.6) is 0 Å². The third-order valence-electron chi connectivity index (χ3n) is 3.06. The van der Waals surface area contributed by atoms with E-state index in [1.165, 1.54) is 24.3 Å². The average molecular weight is 372 g/mol. The van der Waals surface area contributed by atoms with Crippen molar-refractivity contribution in [2.24, 2.45) is 0 Å². The standard InChI is InChI=1S/C17H11BrFN3O/c18-11-5-7-14(13(19)9-11)22-17(23)8-6-12-10-20-15-3-1-2-4-16(15)21-12/h1-10H,(H,22,23)/b8-6+. The van der Waals surface area contributed by atoms with Gasteiger partial charge in [-0.1, -0.05) is 28.1 Å². The molecule has 0 radical (unpaired) electrons. The lowest BCUT2D eigenvalue weighted by molar-refractivity contribution is -0.111. The number of carbonyl (C=O) groups excluding carboxylic acids is 1. The second-order valence-electron chi connectivity index (χ2n) is 4.73. The number of nitrogens with zero attached hydrogens (tertiary/aromatic N) is 2. The van der Waals surface area contributed by atoms with Crippen LogP contribution in [0.2, 0.25) is 0 Å². The normalized spacial score (nSPS) is 11.0. The second-order valence-corrected chi connectivity index (χ2v) is 5.65. The Morgan fingerprint density at radius 2 is 1.96 bits per heavy atom. The Morgan fingerprint density at radius 3 is 2.74 bits per heavy atom. The molecule has 0 unspecified atom stereocenters. The SMILES string of the molecule is O=C(/C=C/c1cnc2ccccc2n1)Nc1ccc(Br)cc1F. The number of fused-ring (bicyclic) bond motifs is 1. The summed E-state index contributed by atoms with van der Waals surface area (Å²) in [6.07, 6.45) is 4.40. The van der Waals surface area contributed by atoms with Gasteiger partial charge in [-0.2, -0.15) is 0 Å². The van der Waals surface area contributed by atoms with Gasteiger partial charge in [0.05, 0.1) is 28.6 Å². The van der Waals surface area contributed by atoms with Crippen LogP contribution in [-0.4, -0.2) is 15.9 Å². The Hall–Kier alpha value is -2.60. The number of anilines is 1. The third-order valence-corrected chi connectivity index (χ3v) is 3.55. The molecule has 114 valence electrons. The van der Waals surface area contributed by atoms with Crippen molar-refractivity contribution in [1.29, 1.82) is 0 Å². The Bertz CT molecular complexity index is 911. The van der Waals surface area contributed by atoms with Crippen LogP contribution in [-0.2, 0) is 4.79 Å². The van der Waals surface area contributed by atoms with Crippen LogP contribution in [0.4, 0.5) is 10.1 Å². The molecule has 3 rings (SSSR count). The highest BCUT2D eigenvalue weighted by atomic mass is 79.9. The summed E-state index contributed by atoms with van der Waals surface area (Å²) in [6.45, 7) is 0. The van der Waals surface area contributed by atoms with E-state index in [4.69, 9.17) is 0 Å². The number of hydrogen-bond donors (Lipinski definition) is 1. The predicted molar refractivity (Wildman–Crippen MR) is 91.3 cm³/mol. The van der Waals surface area contributed by atoms with E-state index in [1.807, 2.05) is 24.3 Å². The van der Waals surface area contributed by atoms with Crippen LogP contribution in [0.25, 0.3) is 17.1 Å². The van der Waals surface area contributed by atoms with E-state index in [1.54, 1.807) is 12.3 Å². The number of nitrogens with one attached hydrogen (secondary N) is 1. The minimum Gasteiger partial charge on any atom is -0.320 e. The first kappa shape index (κ1) is 15.3. The summed E-state index contributed by atoms with van der Waals surface area (Å²) in [5.74, 6) is -0.951. The van der Waals surface area contributed by atoms with Crippen LogP contribution < -0.4 is 5.32 Å². The number of carbonyl (C=O) groups is 1. The molecule has 1 aromatic heterocycles. The molecule has 0 aliphatic rings. The lowest BCUT2D eigenvalue weighted by atomic mass is 10.3. The van der Waals surface area contributed by atoms with Crippen LogP contribution in [0, 0.1) is 5.82 Å².